The topological polar surface area (TPSA) is 45.9 Å². The number of hydrogen-bond acceptors (Lipinski definition) is 3. The monoisotopic (exact) mass is 152 g/mol. The van der Waals surface area contributed by atoms with E-state index in [4.69, 9.17) is 5.26 Å². The lowest BCUT2D eigenvalue weighted by Crippen LogP contribution is -1.93. The Balaban J connectivity index is 3.23. The Bertz CT molecular complexity index is 306. The summed E-state index contributed by atoms with van der Waals surface area (Å²) >= 11 is 0. The summed E-state index contributed by atoms with van der Waals surface area (Å²) in [5.74, 6) is -0.860. The van der Waals surface area contributed by atoms with Gasteiger partial charge in [-0.05, 0) is 6.07 Å². The summed E-state index contributed by atoms with van der Waals surface area (Å²) in [4.78, 5) is 3.56. The molecule has 0 saturated carbocycles. The van der Waals surface area contributed by atoms with Crippen molar-refractivity contribution in [2.24, 2.45) is 0 Å². The highest BCUT2D eigenvalue weighted by Crippen LogP contribution is 2.14. The molecule has 0 unspecified atom stereocenters. The van der Waals surface area contributed by atoms with Crippen molar-refractivity contribution in [2.45, 2.75) is 0 Å². The molecule has 0 aliphatic heterocycles. The zero-order valence-corrected chi connectivity index (χ0v) is 5.84. The third-order valence-electron chi connectivity index (χ3n) is 1.17. The van der Waals surface area contributed by atoms with E-state index in [9.17, 15) is 4.39 Å². The van der Waals surface area contributed by atoms with Crippen LogP contribution in [-0.2, 0) is 0 Å². The number of nitriles is 1. The van der Waals surface area contributed by atoms with E-state index in [2.05, 4.69) is 9.72 Å². The molecule has 0 saturated heterocycles. The first kappa shape index (κ1) is 7.48. The molecule has 1 heterocycles. The highest BCUT2D eigenvalue weighted by Gasteiger charge is 2.07. The molecule has 56 valence electrons. The number of rotatable bonds is 1. The molecule has 1 aromatic rings. The van der Waals surface area contributed by atoms with Gasteiger partial charge < -0.3 is 4.74 Å². The molecule has 0 aliphatic rings. The molecule has 1 rings (SSSR count). The highest BCUT2D eigenvalue weighted by atomic mass is 19.1. The Morgan fingerprint density at radius 2 is 2.45 bits per heavy atom. The maximum Gasteiger partial charge on any atom is 0.251 e. The molecule has 0 atom stereocenters. The van der Waals surface area contributed by atoms with Crippen LogP contribution in [0.3, 0.4) is 0 Å². The maximum absolute atomic E-state index is 12.9. The molecule has 0 N–H and O–H groups in total. The van der Waals surface area contributed by atoms with Crippen LogP contribution in [0, 0.1) is 17.1 Å². The summed E-state index contributed by atoms with van der Waals surface area (Å²) in [5, 5.41) is 8.37. The molecule has 0 spiro atoms. The molecular weight excluding hydrogens is 147 g/mol. The Kier molecular flexibility index (Phi) is 2.02. The molecule has 0 radical (unpaired) electrons. The summed E-state index contributed by atoms with van der Waals surface area (Å²) in [6, 6.07) is 2.96. The largest absolute Gasteiger partial charge is 0.479 e. The van der Waals surface area contributed by atoms with Gasteiger partial charge in [0.25, 0.3) is 5.88 Å². The number of methoxy groups -OCH3 is 1. The Morgan fingerprint density at radius 3 is 3.00 bits per heavy atom. The fraction of sp³-hybridized carbons (Fsp3) is 0.143. The summed E-state index contributed by atoms with van der Waals surface area (Å²) in [7, 11) is 1.30. The van der Waals surface area contributed by atoms with Crippen molar-refractivity contribution in [3.05, 3.63) is 23.6 Å². The van der Waals surface area contributed by atoms with Crippen LogP contribution in [-0.4, -0.2) is 12.1 Å². The second-order valence-electron chi connectivity index (χ2n) is 1.79. The summed E-state index contributed by atoms with van der Waals surface area (Å²) in [5.41, 5.74) is -0.0585. The number of pyridine rings is 1. The predicted octanol–water partition coefficient (Wildman–Crippen LogP) is 1.10. The minimum Gasteiger partial charge on any atom is -0.479 e. The van der Waals surface area contributed by atoms with Gasteiger partial charge in [-0.1, -0.05) is 0 Å². The van der Waals surface area contributed by atoms with Gasteiger partial charge in [0, 0.05) is 6.20 Å². The second kappa shape index (κ2) is 2.97. The van der Waals surface area contributed by atoms with Crippen LogP contribution in [0.15, 0.2) is 12.3 Å². The van der Waals surface area contributed by atoms with Gasteiger partial charge in [0.2, 0.25) is 5.82 Å². The first-order valence-electron chi connectivity index (χ1n) is 2.88. The fourth-order valence-electron chi connectivity index (χ4n) is 0.653. The zero-order chi connectivity index (χ0) is 8.27. The standard InChI is InChI=1S/C7H5FN2O/c1-11-7-6(8)5(4-9)2-3-10-7/h2-3H,1H3. The van der Waals surface area contributed by atoms with Crippen molar-refractivity contribution < 1.29 is 9.13 Å². The average Bonchev–Trinajstić information content (AvgIpc) is 2.05. The molecule has 0 amide bonds. The lowest BCUT2D eigenvalue weighted by atomic mass is 10.3. The van der Waals surface area contributed by atoms with Gasteiger partial charge in [0.05, 0.1) is 12.7 Å². The van der Waals surface area contributed by atoms with E-state index in [1.807, 2.05) is 0 Å². The van der Waals surface area contributed by atoms with E-state index in [-0.39, 0.29) is 11.4 Å². The SMILES string of the molecule is COc1nccc(C#N)c1F. The van der Waals surface area contributed by atoms with Crippen molar-refractivity contribution in [2.75, 3.05) is 7.11 Å². The van der Waals surface area contributed by atoms with Crippen LogP contribution in [0.4, 0.5) is 4.39 Å². The first-order chi connectivity index (χ1) is 5.29. The van der Waals surface area contributed by atoms with Crippen LogP contribution < -0.4 is 4.74 Å². The van der Waals surface area contributed by atoms with E-state index >= 15 is 0 Å². The fourth-order valence-corrected chi connectivity index (χ4v) is 0.653. The smallest absolute Gasteiger partial charge is 0.251 e. The average molecular weight is 152 g/mol. The van der Waals surface area contributed by atoms with Gasteiger partial charge in [0.15, 0.2) is 0 Å². The Hall–Kier alpha value is -1.63. The van der Waals surface area contributed by atoms with E-state index in [0.717, 1.165) is 0 Å². The number of hydrogen-bond donors (Lipinski definition) is 0. The van der Waals surface area contributed by atoms with Crippen molar-refractivity contribution in [1.29, 1.82) is 5.26 Å². The normalized spacial score (nSPS) is 8.82. The van der Waals surface area contributed by atoms with E-state index < -0.39 is 5.82 Å². The lowest BCUT2D eigenvalue weighted by molar-refractivity contribution is 0.368. The van der Waals surface area contributed by atoms with E-state index in [1.54, 1.807) is 6.07 Å². The molecule has 11 heavy (non-hydrogen) atoms. The summed E-state index contributed by atoms with van der Waals surface area (Å²) in [6.45, 7) is 0. The molecular formula is C7H5FN2O. The minimum absolute atomic E-state index is 0.0585. The van der Waals surface area contributed by atoms with Crippen LogP contribution in [0.25, 0.3) is 0 Å². The first-order valence-corrected chi connectivity index (χ1v) is 2.88. The second-order valence-corrected chi connectivity index (χ2v) is 1.79. The third kappa shape index (κ3) is 1.27. The maximum atomic E-state index is 12.9. The van der Waals surface area contributed by atoms with E-state index in [0.29, 0.717) is 0 Å². The molecule has 4 heteroatoms. The number of aromatic nitrogens is 1. The van der Waals surface area contributed by atoms with Gasteiger partial charge in [-0.25, -0.2) is 4.98 Å². The van der Waals surface area contributed by atoms with Gasteiger partial charge in [-0.15, -0.1) is 0 Å². The van der Waals surface area contributed by atoms with Gasteiger partial charge in [-0.3, -0.25) is 0 Å². The minimum atomic E-state index is -0.711. The highest BCUT2D eigenvalue weighted by molar-refractivity contribution is 5.33. The molecule has 3 nitrogen and oxygen atoms in total. The molecule has 1 aromatic heterocycles. The van der Waals surface area contributed by atoms with Crippen molar-refractivity contribution in [1.82, 2.24) is 4.98 Å². The Labute approximate surface area is 63.1 Å². The van der Waals surface area contributed by atoms with Gasteiger partial charge in [-0.2, -0.15) is 9.65 Å². The number of nitrogens with zero attached hydrogens (tertiary/aromatic N) is 2. The van der Waals surface area contributed by atoms with Gasteiger partial charge in [0.1, 0.15) is 6.07 Å². The van der Waals surface area contributed by atoms with Crippen molar-refractivity contribution in [3.63, 3.8) is 0 Å². The number of halogens is 1. The van der Waals surface area contributed by atoms with Crippen LogP contribution in [0.2, 0.25) is 0 Å². The van der Waals surface area contributed by atoms with E-state index in [1.165, 1.54) is 19.4 Å². The predicted molar refractivity (Wildman–Crippen MR) is 35.5 cm³/mol. The van der Waals surface area contributed by atoms with Crippen LogP contribution in [0.5, 0.6) is 5.88 Å². The van der Waals surface area contributed by atoms with Crippen LogP contribution >= 0.6 is 0 Å². The summed E-state index contributed by atoms with van der Waals surface area (Å²) in [6.07, 6.45) is 1.32. The molecule has 0 aliphatic carbocycles. The lowest BCUT2D eigenvalue weighted by Gasteiger charge is -1.98. The summed E-state index contributed by atoms with van der Waals surface area (Å²) < 4.78 is 17.4. The number of ether oxygens (including phenoxy) is 1. The quantitative estimate of drug-likeness (QED) is 0.605. The molecule has 0 aromatic carbocycles. The van der Waals surface area contributed by atoms with Gasteiger partial charge >= 0.3 is 0 Å². The van der Waals surface area contributed by atoms with Crippen LogP contribution in [0.1, 0.15) is 5.56 Å². The van der Waals surface area contributed by atoms with Crippen molar-refractivity contribution in [3.8, 4) is 11.9 Å². The molecule has 0 fully saturated rings. The zero-order valence-electron chi connectivity index (χ0n) is 5.84. The third-order valence-corrected chi connectivity index (χ3v) is 1.17. The Morgan fingerprint density at radius 1 is 1.73 bits per heavy atom. The molecule has 0 bridgehead atoms. The van der Waals surface area contributed by atoms with Crippen molar-refractivity contribution >= 4 is 0 Å².